The molecule has 11 heteroatoms. The van der Waals surface area contributed by atoms with Crippen molar-refractivity contribution in [1.29, 1.82) is 0 Å². The molecule has 0 aromatic rings. The quantitative estimate of drug-likeness (QED) is 0.107. The molecule has 0 rings (SSSR count). The van der Waals surface area contributed by atoms with Gasteiger partial charge in [0.25, 0.3) is 0 Å². The summed E-state index contributed by atoms with van der Waals surface area (Å²) in [5.74, 6) is 0. The number of hydrogen-bond acceptors (Lipinski definition) is 8. The molecule has 0 aromatic carbocycles. The normalized spacial score (nSPS) is 13.1. The van der Waals surface area contributed by atoms with Gasteiger partial charge in [-0.15, -0.1) is 0 Å². The molecule has 0 amide bonds. The van der Waals surface area contributed by atoms with Crippen LogP contribution in [0.1, 0.15) is 80.1 Å². The molecule has 6 nitrogen and oxygen atoms in total. The van der Waals surface area contributed by atoms with Gasteiger partial charge in [-0.1, -0.05) is 0 Å². The molecule has 0 heterocycles. The summed E-state index contributed by atoms with van der Waals surface area (Å²) in [7, 11) is -1.24. The van der Waals surface area contributed by atoms with Gasteiger partial charge in [-0.3, -0.25) is 0 Å². The molecule has 0 saturated carbocycles. The van der Waals surface area contributed by atoms with Crippen molar-refractivity contribution >= 4 is 51.1 Å². The SMILES string of the molecule is CCCO[Si](C[S][Sn]([CH3])([CH3])[S]C[Si](OCCC)(OCCC)OCCC)(OCCC)OCCC. The molecule has 0 saturated heterocycles. The average Bonchev–Trinajstić information content (AvgIpc) is 2.82. The van der Waals surface area contributed by atoms with E-state index in [1.807, 2.05) is 0 Å². The Labute approximate surface area is 216 Å². The van der Waals surface area contributed by atoms with Gasteiger partial charge in [0.1, 0.15) is 0 Å². The first-order valence-corrected chi connectivity index (χ1v) is 31.4. The molecule has 0 spiro atoms. The first-order chi connectivity index (χ1) is 15.8. The molecule has 0 fully saturated rings. The Hall–Kier alpha value is 1.69. The Kier molecular flexibility index (Phi) is 21.8. The van der Waals surface area contributed by atoms with Crippen molar-refractivity contribution in [3.8, 4) is 0 Å². The predicted octanol–water partition coefficient (Wildman–Crippen LogP) is 6.67. The van der Waals surface area contributed by atoms with Crippen LogP contribution in [0.4, 0.5) is 0 Å². The second-order valence-electron chi connectivity index (χ2n) is 8.43. The summed E-state index contributed by atoms with van der Waals surface area (Å²) in [4.78, 5) is 4.92. The van der Waals surface area contributed by atoms with E-state index in [1.165, 1.54) is 0 Å². The second kappa shape index (κ2) is 20.7. The monoisotopic (exact) mass is 652 g/mol. The van der Waals surface area contributed by atoms with E-state index in [9.17, 15) is 0 Å². The molecule has 0 aliphatic carbocycles. The van der Waals surface area contributed by atoms with Crippen molar-refractivity contribution in [3.05, 3.63) is 0 Å². The first kappa shape index (κ1) is 34.7. The summed E-state index contributed by atoms with van der Waals surface area (Å²) >= 11 is -2.58. The molecule has 0 unspecified atom stereocenters. The first-order valence-electron chi connectivity index (χ1n) is 12.9. The number of hydrogen-bond donors (Lipinski definition) is 0. The zero-order valence-corrected chi connectivity index (χ0v) is 29.2. The third kappa shape index (κ3) is 16.2. The zero-order valence-electron chi connectivity index (χ0n) is 22.7. The van der Waals surface area contributed by atoms with Crippen molar-refractivity contribution in [2.75, 3.05) is 50.4 Å². The maximum atomic E-state index is 6.32. The standard InChI is InChI=1S/2C10H24O3SSi.2CH3.Sn/c2*1-4-7-11-15(10-14,12-8-5-2)13-9-6-3;;;/h2*14H,4-10H2,1-3H3;2*1H3;/q;;;;+2/p-2. The van der Waals surface area contributed by atoms with Crippen molar-refractivity contribution < 1.29 is 26.6 Å². The summed E-state index contributed by atoms with van der Waals surface area (Å²) in [5, 5.41) is 1.66. The molecular weight excluding hydrogens is 599 g/mol. The van der Waals surface area contributed by atoms with E-state index >= 15 is 0 Å². The summed E-state index contributed by atoms with van der Waals surface area (Å²) in [6.07, 6.45) is 5.82. The van der Waals surface area contributed by atoms with Crippen LogP contribution in [-0.2, 0) is 26.6 Å². The van der Waals surface area contributed by atoms with E-state index in [4.69, 9.17) is 26.6 Å². The van der Waals surface area contributed by atoms with Gasteiger partial charge in [0.15, 0.2) is 0 Å². The van der Waals surface area contributed by atoms with Crippen LogP contribution in [0.3, 0.4) is 0 Å². The molecular formula is C22H52O6S2Si2Sn. The molecule has 0 aliphatic heterocycles. The van der Waals surface area contributed by atoms with E-state index in [-0.39, 0.29) is 0 Å². The Bertz CT molecular complexity index is 385. The minimum atomic E-state index is -2.69. The van der Waals surface area contributed by atoms with E-state index in [0.29, 0.717) is 39.6 Å². The van der Waals surface area contributed by atoms with Crippen molar-refractivity contribution in [1.82, 2.24) is 0 Å². The average molecular weight is 652 g/mol. The molecule has 33 heavy (non-hydrogen) atoms. The van der Waals surface area contributed by atoms with Gasteiger partial charge in [0, 0.05) is 0 Å². The minimum absolute atomic E-state index is 0.694. The van der Waals surface area contributed by atoms with Gasteiger partial charge in [0.2, 0.25) is 0 Å². The molecule has 0 atom stereocenters. The third-order valence-corrected chi connectivity index (χ3v) is 37.7. The van der Waals surface area contributed by atoms with Crippen molar-refractivity contribution in [3.63, 3.8) is 0 Å². The van der Waals surface area contributed by atoms with Crippen LogP contribution in [0, 0.1) is 0 Å². The van der Waals surface area contributed by atoms with Gasteiger partial charge < -0.3 is 0 Å². The van der Waals surface area contributed by atoms with Crippen molar-refractivity contribution in [2.24, 2.45) is 0 Å². The molecule has 0 aromatic heterocycles. The van der Waals surface area contributed by atoms with Gasteiger partial charge in [-0.05, 0) is 0 Å². The number of rotatable bonds is 24. The third-order valence-electron chi connectivity index (χ3n) is 4.35. The fraction of sp³-hybridized carbons (Fsp3) is 1.00. The molecule has 0 bridgehead atoms. The Morgan fingerprint density at radius 1 is 0.455 bits per heavy atom. The Balaban J connectivity index is 5.33. The fourth-order valence-electron chi connectivity index (χ4n) is 2.61. The zero-order chi connectivity index (χ0) is 25.1. The van der Waals surface area contributed by atoms with Crippen LogP contribution >= 0.6 is 17.9 Å². The van der Waals surface area contributed by atoms with Crippen LogP contribution in [0.5, 0.6) is 0 Å². The van der Waals surface area contributed by atoms with Gasteiger partial charge in [-0.25, -0.2) is 0 Å². The summed E-state index contributed by atoms with van der Waals surface area (Å²) in [6, 6.07) is 0. The summed E-state index contributed by atoms with van der Waals surface area (Å²) < 4.78 is 37.9. The van der Waals surface area contributed by atoms with E-state index < -0.39 is 33.2 Å². The maximum absolute atomic E-state index is 6.32. The van der Waals surface area contributed by atoms with Crippen LogP contribution < -0.4 is 0 Å². The molecule has 200 valence electrons. The predicted molar refractivity (Wildman–Crippen MR) is 151 cm³/mol. The topological polar surface area (TPSA) is 55.4 Å². The van der Waals surface area contributed by atoms with E-state index in [2.05, 4.69) is 69.3 Å². The van der Waals surface area contributed by atoms with Gasteiger partial charge in [0.05, 0.1) is 0 Å². The summed E-state index contributed by atoms with van der Waals surface area (Å²) in [5.41, 5.74) is 0. The summed E-state index contributed by atoms with van der Waals surface area (Å²) in [6.45, 7) is 17.0. The van der Waals surface area contributed by atoms with Crippen LogP contribution in [0.15, 0.2) is 0 Å². The van der Waals surface area contributed by atoms with Crippen LogP contribution in [0.2, 0.25) is 9.88 Å². The molecule has 0 aliphatic rings. The Morgan fingerprint density at radius 3 is 0.848 bits per heavy atom. The molecule has 0 radical (unpaired) electrons. The second-order valence-corrected chi connectivity index (χ2v) is 44.1. The molecule has 0 N–H and O–H groups in total. The van der Waals surface area contributed by atoms with Gasteiger partial charge in [-0.2, -0.15) is 0 Å². The van der Waals surface area contributed by atoms with E-state index in [0.717, 1.165) is 49.3 Å². The van der Waals surface area contributed by atoms with E-state index in [1.54, 1.807) is 0 Å². The Morgan fingerprint density at radius 2 is 0.667 bits per heavy atom. The van der Waals surface area contributed by atoms with Crippen LogP contribution in [-0.4, -0.2) is 83.6 Å². The van der Waals surface area contributed by atoms with Crippen LogP contribution in [0.25, 0.3) is 0 Å². The fourth-order valence-corrected chi connectivity index (χ4v) is 48.9. The van der Waals surface area contributed by atoms with Crippen molar-refractivity contribution in [2.45, 2.75) is 89.9 Å². The van der Waals surface area contributed by atoms with Gasteiger partial charge >= 0.3 is 218 Å².